The van der Waals surface area contributed by atoms with Gasteiger partial charge in [-0.25, -0.2) is 4.39 Å². The number of benzene rings is 1. The molecule has 18 heavy (non-hydrogen) atoms. The summed E-state index contributed by atoms with van der Waals surface area (Å²) in [5.41, 5.74) is 0.615. The van der Waals surface area contributed by atoms with E-state index in [1.807, 2.05) is 0 Å². The van der Waals surface area contributed by atoms with Gasteiger partial charge in [0.15, 0.2) is 5.82 Å². The second-order valence-electron chi connectivity index (χ2n) is 4.47. The van der Waals surface area contributed by atoms with Crippen molar-refractivity contribution in [2.75, 3.05) is 6.54 Å². The van der Waals surface area contributed by atoms with E-state index in [0.29, 0.717) is 17.3 Å². The van der Waals surface area contributed by atoms with Crippen molar-refractivity contribution in [3.63, 3.8) is 0 Å². The lowest BCUT2D eigenvalue weighted by molar-refractivity contribution is 0.367. The van der Waals surface area contributed by atoms with Gasteiger partial charge in [0.2, 0.25) is 0 Å². The predicted octanol–water partition coefficient (Wildman–Crippen LogP) is 2.69. The lowest BCUT2D eigenvalue weighted by Gasteiger charge is -2.19. The fourth-order valence-corrected chi connectivity index (χ4v) is 2.19. The molecule has 94 valence electrons. The van der Waals surface area contributed by atoms with Gasteiger partial charge < -0.3 is 9.84 Å². The minimum Gasteiger partial charge on any atom is -0.334 e. The Bertz CT molecular complexity index is 535. The lowest BCUT2D eigenvalue weighted by atomic mass is 10.0. The molecule has 1 unspecified atom stereocenters. The minimum absolute atomic E-state index is 0.157. The lowest BCUT2D eigenvalue weighted by Crippen LogP contribution is -2.27. The second-order valence-corrected chi connectivity index (χ2v) is 4.47. The van der Waals surface area contributed by atoms with Crippen LogP contribution in [0.2, 0.25) is 0 Å². The molecule has 5 heteroatoms. The minimum atomic E-state index is -0.303. The average molecular weight is 247 g/mol. The largest absolute Gasteiger partial charge is 0.334 e. The molecular weight excluding hydrogens is 233 g/mol. The molecule has 1 aliphatic heterocycles. The van der Waals surface area contributed by atoms with Gasteiger partial charge in [0.25, 0.3) is 5.89 Å². The van der Waals surface area contributed by atoms with Crippen molar-refractivity contribution >= 4 is 0 Å². The van der Waals surface area contributed by atoms with Gasteiger partial charge in [-0.1, -0.05) is 17.6 Å². The molecular formula is C13H14FN3O. The van der Waals surface area contributed by atoms with E-state index >= 15 is 0 Å². The predicted molar refractivity (Wildman–Crippen MR) is 64.3 cm³/mol. The number of piperidine rings is 1. The number of hydrogen-bond donors (Lipinski definition) is 1. The third-order valence-electron chi connectivity index (χ3n) is 3.14. The Kier molecular flexibility index (Phi) is 3.06. The van der Waals surface area contributed by atoms with Crippen LogP contribution in [-0.2, 0) is 0 Å². The highest BCUT2D eigenvalue weighted by Gasteiger charge is 2.20. The van der Waals surface area contributed by atoms with Crippen LogP contribution in [0.1, 0.15) is 31.1 Å². The van der Waals surface area contributed by atoms with Crippen LogP contribution in [0.25, 0.3) is 11.5 Å². The van der Waals surface area contributed by atoms with E-state index in [1.54, 1.807) is 12.1 Å². The maximum absolute atomic E-state index is 13.1. The van der Waals surface area contributed by atoms with Crippen molar-refractivity contribution in [2.45, 2.75) is 25.3 Å². The summed E-state index contributed by atoms with van der Waals surface area (Å²) >= 11 is 0. The monoisotopic (exact) mass is 247 g/mol. The highest BCUT2D eigenvalue weighted by molar-refractivity contribution is 5.52. The maximum Gasteiger partial charge on any atom is 0.258 e. The van der Waals surface area contributed by atoms with Crippen LogP contribution in [-0.4, -0.2) is 16.7 Å². The zero-order chi connectivity index (χ0) is 12.4. The zero-order valence-corrected chi connectivity index (χ0v) is 9.90. The highest BCUT2D eigenvalue weighted by atomic mass is 19.1. The smallest absolute Gasteiger partial charge is 0.258 e. The second kappa shape index (κ2) is 4.86. The van der Waals surface area contributed by atoms with E-state index in [2.05, 4.69) is 15.5 Å². The van der Waals surface area contributed by atoms with Gasteiger partial charge in [-0.3, -0.25) is 0 Å². The Balaban J connectivity index is 1.84. The highest BCUT2D eigenvalue weighted by Crippen LogP contribution is 2.24. The van der Waals surface area contributed by atoms with E-state index in [9.17, 15) is 4.39 Å². The van der Waals surface area contributed by atoms with Gasteiger partial charge in [0, 0.05) is 5.56 Å². The molecule has 0 aliphatic carbocycles. The van der Waals surface area contributed by atoms with Crippen molar-refractivity contribution in [3.05, 3.63) is 35.9 Å². The summed E-state index contributed by atoms with van der Waals surface area (Å²) in [6.07, 6.45) is 3.37. The molecule has 2 heterocycles. The Morgan fingerprint density at radius 3 is 3.06 bits per heavy atom. The average Bonchev–Trinajstić information content (AvgIpc) is 2.89. The van der Waals surface area contributed by atoms with Crippen molar-refractivity contribution in [1.82, 2.24) is 15.5 Å². The number of halogens is 1. The number of aromatic nitrogens is 2. The van der Waals surface area contributed by atoms with Crippen LogP contribution < -0.4 is 5.32 Å². The van der Waals surface area contributed by atoms with Crippen molar-refractivity contribution in [1.29, 1.82) is 0 Å². The molecule has 1 aliphatic rings. The molecule has 1 atom stereocenters. The Labute approximate surface area is 104 Å². The van der Waals surface area contributed by atoms with Crippen LogP contribution in [0.3, 0.4) is 0 Å². The molecule has 1 saturated heterocycles. The van der Waals surface area contributed by atoms with E-state index in [4.69, 9.17) is 4.52 Å². The summed E-state index contributed by atoms with van der Waals surface area (Å²) in [5, 5.41) is 7.33. The topological polar surface area (TPSA) is 51.0 Å². The van der Waals surface area contributed by atoms with Gasteiger partial charge in [0.05, 0.1) is 6.04 Å². The van der Waals surface area contributed by atoms with Crippen molar-refractivity contribution in [3.8, 4) is 11.5 Å². The van der Waals surface area contributed by atoms with Crippen LogP contribution in [0, 0.1) is 5.82 Å². The fraction of sp³-hybridized carbons (Fsp3) is 0.385. The van der Waals surface area contributed by atoms with Crippen molar-refractivity contribution < 1.29 is 8.91 Å². The van der Waals surface area contributed by atoms with Gasteiger partial charge >= 0.3 is 0 Å². The molecule has 3 rings (SSSR count). The first-order chi connectivity index (χ1) is 8.83. The number of nitrogens with zero attached hydrogens (tertiary/aromatic N) is 2. The molecule has 1 aromatic carbocycles. The van der Waals surface area contributed by atoms with E-state index in [0.717, 1.165) is 13.0 Å². The Morgan fingerprint density at radius 1 is 1.33 bits per heavy atom. The van der Waals surface area contributed by atoms with Crippen LogP contribution in [0.15, 0.2) is 28.8 Å². The van der Waals surface area contributed by atoms with Gasteiger partial charge in [-0.2, -0.15) is 4.98 Å². The fourth-order valence-electron chi connectivity index (χ4n) is 2.19. The molecule has 0 amide bonds. The third kappa shape index (κ3) is 2.26. The van der Waals surface area contributed by atoms with E-state index < -0.39 is 0 Å². The molecule has 0 saturated carbocycles. The zero-order valence-electron chi connectivity index (χ0n) is 9.90. The summed E-state index contributed by atoms with van der Waals surface area (Å²) < 4.78 is 18.3. The van der Waals surface area contributed by atoms with Crippen molar-refractivity contribution in [2.24, 2.45) is 0 Å². The van der Waals surface area contributed by atoms with Crippen LogP contribution >= 0.6 is 0 Å². The molecule has 1 aromatic heterocycles. The summed E-state index contributed by atoms with van der Waals surface area (Å²) in [6.45, 7) is 0.981. The molecule has 0 spiro atoms. The van der Waals surface area contributed by atoms with E-state index in [-0.39, 0.29) is 11.9 Å². The first kappa shape index (κ1) is 11.3. The first-order valence-corrected chi connectivity index (χ1v) is 6.16. The normalized spacial score (nSPS) is 19.9. The summed E-state index contributed by atoms with van der Waals surface area (Å²) in [7, 11) is 0. The molecule has 2 aromatic rings. The third-order valence-corrected chi connectivity index (χ3v) is 3.14. The molecule has 0 bridgehead atoms. The van der Waals surface area contributed by atoms with Crippen LogP contribution in [0.5, 0.6) is 0 Å². The van der Waals surface area contributed by atoms with E-state index in [1.165, 1.54) is 25.0 Å². The standard InChI is InChI=1S/C13H14FN3O/c14-10-5-3-4-9(8-10)13-16-12(17-18-13)11-6-1-2-7-15-11/h3-5,8,11,15H,1-2,6-7H2. The SMILES string of the molecule is Fc1cccc(-c2nc(C3CCCCN3)no2)c1. The number of rotatable bonds is 2. The first-order valence-electron chi connectivity index (χ1n) is 6.16. The number of nitrogens with one attached hydrogen (secondary N) is 1. The van der Waals surface area contributed by atoms with Gasteiger partial charge in [0.1, 0.15) is 5.82 Å². The van der Waals surface area contributed by atoms with Gasteiger partial charge in [-0.05, 0) is 37.6 Å². The summed E-state index contributed by atoms with van der Waals surface area (Å²) in [5.74, 6) is 0.730. The maximum atomic E-state index is 13.1. The molecule has 1 N–H and O–H groups in total. The Hall–Kier alpha value is -1.75. The summed E-state index contributed by atoms with van der Waals surface area (Å²) in [4.78, 5) is 4.34. The quantitative estimate of drug-likeness (QED) is 0.886. The van der Waals surface area contributed by atoms with Crippen LogP contribution in [0.4, 0.5) is 4.39 Å². The molecule has 0 radical (unpaired) electrons. The Morgan fingerprint density at radius 2 is 2.28 bits per heavy atom. The molecule has 1 fully saturated rings. The molecule has 4 nitrogen and oxygen atoms in total. The summed E-state index contributed by atoms with van der Waals surface area (Å²) in [6, 6.07) is 6.33. The number of hydrogen-bond acceptors (Lipinski definition) is 4. The van der Waals surface area contributed by atoms with Gasteiger partial charge in [-0.15, -0.1) is 0 Å².